The normalized spacial score (nSPS) is 33.4. The lowest BCUT2D eigenvalue weighted by molar-refractivity contribution is -0.892. The van der Waals surface area contributed by atoms with Gasteiger partial charge in [0.15, 0.2) is 6.54 Å². The Hall–Kier alpha value is -1.75. The number of benzene rings is 1. The lowest BCUT2D eigenvalue weighted by Crippen LogP contribution is -3.16. The standard InChI is InChI=1S/C26H39N3O2/c1-3-31-24-7-5-4-6-23(24)29-10-8-28(9-11-29)18-25(30)27-19(2)26-15-20-12-21(16-26)14-22(13-20)17-26/h4-7,19-22H,3,8-18H2,1-2H3,(H,27,30)/p+1/t19-,20?,21?,22?,26?/m1/s1. The number of anilines is 1. The zero-order chi connectivity index (χ0) is 21.4. The number of hydrogen-bond acceptors (Lipinski definition) is 3. The van der Waals surface area contributed by atoms with E-state index in [1.165, 1.54) is 49.1 Å². The molecule has 1 saturated heterocycles. The number of nitrogens with zero attached hydrogens (tertiary/aromatic N) is 1. The Balaban J connectivity index is 1.12. The van der Waals surface area contributed by atoms with E-state index in [2.05, 4.69) is 35.3 Å². The first kappa shape index (κ1) is 21.1. The third kappa shape index (κ3) is 4.30. The number of carbonyl (C=O) groups excluding carboxylic acids is 1. The molecule has 1 aromatic rings. The van der Waals surface area contributed by atoms with Gasteiger partial charge in [-0.25, -0.2) is 0 Å². The van der Waals surface area contributed by atoms with Crippen molar-refractivity contribution in [2.24, 2.45) is 23.2 Å². The van der Waals surface area contributed by atoms with E-state index in [0.29, 0.717) is 24.6 Å². The number of carbonyl (C=O) groups is 1. The molecular weight excluding hydrogens is 386 g/mol. The number of piperazine rings is 1. The summed E-state index contributed by atoms with van der Waals surface area (Å²) in [6.07, 6.45) is 8.43. The van der Waals surface area contributed by atoms with E-state index >= 15 is 0 Å². The van der Waals surface area contributed by atoms with Gasteiger partial charge in [-0.15, -0.1) is 0 Å². The average molecular weight is 427 g/mol. The van der Waals surface area contributed by atoms with Crippen molar-refractivity contribution >= 4 is 11.6 Å². The lowest BCUT2D eigenvalue weighted by Gasteiger charge is -2.59. The Kier molecular flexibility index (Phi) is 5.89. The van der Waals surface area contributed by atoms with Crippen molar-refractivity contribution in [3.8, 4) is 5.75 Å². The fourth-order valence-electron chi connectivity index (χ4n) is 7.62. The quantitative estimate of drug-likeness (QED) is 0.704. The van der Waals surface area contributed by atoms with Gasteiger partial charge >= 0.3 is 0 Å². The molecule has 4 saturated carbocycles. The van der Waals surface area contributed by atoms with Crippen LogP contribution >= 0.6 is 0 Å². The maximum absolute atomic E-state index is 12.9. The van der Waals surface area contributed by atoms with Gasteiger partial charge in [-0.05, 0) is 87.7 Å². The number of quaternary nitrogens is 1. The molecule has 0 radical (unpaired) electrons. The molecule has 1 atom stereocenters. The van der Waals surface area contributed by atoms with Crippen LogP contribution in [0.15, 0.2) is 24.3 Å². The molecule has 1 aliphatic heterocycles. The smallest absolute Gasteiger partial charge is 0.275 e. The number of amides is 1. The maximum Gasteiger partial charge on any atom is 0.275 e. The second kappa shape index (κ2) is 8.65. The van der Waals surface area contributed by atoms with Crippen LogP contribution in [0.3, 0.4) is 0 Å². The zero-order valence-corrected chi connectivity index (χ0v) is 19.4. The van der Waals surface area contributed by atoms with Gasteiger partial charge in [0, 0.05) is 6.04 Å². The molecule has 0 spiro atoms. The van der Waals surface area contributed by atoms with Crippen LogP contribution in [0.2, 0.25) is 0 Å². The van der Waals surface area contributed by atoms with E-state index in [1.54, 1.807) is 0 Å². The van der Waals surface area contributed by atoms with Crippen molar-refractivity contribution < 1.29 is 14.4 Å². The first-order chi connectivity index (χ1) is 15.0. The van der Waals surface area contributed by atoms with Crippen molar-refractivity contribution in [1.82, 2.24) is 5.32 Å². The number of nitrogens with one attached hydrogen (secondary N) is 2. The Labute approximate surface area is 187 Å². The minimum absolute atomic E-state index is 0.251. The zero-order valence-electron chi connectivity index (χ0n) is 19.4. The molecule has 5 fully saturated rings. The van der Waals surface area contributed by atoms with Crippen molar-refractivity contribution in [3.05, 3.63) is 24.3 Å². The molecule has 5 heteroatoms. The highest BCUT2D eigenvalue weighted by Crippen LogP contribution is 2.61. The summed E-state index contributed by atoms with van der Waals surface area (Å²) in [6, 6.07) is 8.64. The highest BCUT2D eigenvalue weighted by Gasteiger charge is 2.53. The summed E-state index contributed by atoms with van der Waals surface area (Å²) in [5.41, 5.74) is 1.57. The van der Waals surface area contributed by atoms with Crippen molar-refractivity contribution in [1.29, 1.82) is 0 Å². The van der Waals surface area contributed by atoms with E-state index < -0.39 is 0 Å². The molecule has 4 bridgehead atoms. The Bertz CT molecular complexity index is 751. The van der Waals surface area contributed by atoms with Gasteiger partial charge in [-0.3, -0.25) is 4.79 Å². The van der Waals surface area contributed by atoms with E-state index in [0.717, 1.165) is 49.7 Å². The van der Waals surface area contributed by atoms with Gasteiger partial charge in [0.25, 0.3) is 5.91 Å². The highest BCUT2D eigenvalue weighted by atomic mass is 16.5. The molecule has 6 rings (SSSR count). The van der Waals surface area contributed by atoms with Crippen molar-refractivity contribution in [2.75, 3.05) is 44.2 Å². The second-order valence-corrected chi connectivity index (χ2v) is 10.9. The third-order valence-corrected chi connectivity index (χ3v) is 8.77. The summed E-state index contributed by atoms with van der Waals surface area (Å²) in [7, 11) is 0. The molecule has 2 N–H and O–H groups in total. The summed E-state index contributed by atoms with van der Waals surface area (Å²) in [5.74, 6) is 4.02. The number of hydrogen-bond donors (Lipinski definition) is 2. The lowest BCUT2D eigenvalue weighted by atomic mass is 9.48. The van der Waals surface area contributed by atoms with Crippen LogP contribution in [-0.2, 0) is 4.79 Å². The molecular formula is C26H40N3O2+. The fourth-order valence-corrected chi connectivity index (χ4v) is 7.62. The van der Waals surface area contributed by atoms with Crippen LogP contribution in [0.5, 0.6) is 5.75 Å². The Morgan fingerprint density at radius 3 is 2.35 bits per heavy atom. The van der Waals surface area contributed by atoms with E-state index in [4.69, 9.17) is 4.74 Å². The van der Waals surface area contributed by atoms with Gasteiger partial charge in [-0.1, -0.05) is 12.1 Å². The fraction of sp³-hybridized carbons (Fsp3) is 0.731. The average Bonchev–Trinajstić information content (AvgIpc) is 2.74. The summed E-state index contributed by atoms with van der Waals surface area (Å²) in [4.78, 5) is 16.8. The molecule has 31 heavy (non-hydrogen) atoms. The molecule has 4 aliphatic carbocycles. The largest absolute Gasteiger partial charge is 0.492 e. The van der Waals surface area contributed by atoms with Crippen molar-refractivity contribution in [3.63, 3.8) is 0 Å². The van der Waals surface area contributed by atoms with Gasteiger partial charge in [-0.2, -0.15) is 0 Å². The van der Waals surface area contributed by atoms with E-state index in [-0.39, 0.29) is 5.91 Å². The van der Waals surface area contributed by atoms with Gasteiger partial charge in [0.1, 0.15) is 5.75 Å². The molecule has 170 valence electrons. The minimum Gasteiger partial charge on any atom is -0.492 e. The SMILES string of the molecule is CCOc1ccccc1N1CC[NH+](CC(=O)N[C@H](C)C23CC4CC(CC(C4)C2)C3)CC1. The Morgan fingerprint density at radius 2 is 1.74 bits per heavy atom. The monoisotopic (exact) mass is 426 g/mol. The molecule has 1 heterocycles. The van der Waals surface area contributed by atoms with Gasteiger partial charge < -0.3 is 19.9 Å². The first-order valence-corrected chi connectivity index (χ1v) is 12.6. The number of ether oxygens (including phenoxy) is 1. The molecule has 0 aromatic heterocycles. The number of para-hydroxylation sites is 2. The summed E-state index contributed by atoms with van der Waals surface area (Å²) < 4.78 is 5.81. The van der Waals surface area contributed by atoms with Crippen LogP contribution in [0.25, 0.3) is 0 Å². The van der Waals surface area contributed by atoms with E-state index in [1.807, 2.05) is 13.0 Å². The molecule has 5 nitrogen and oxygen atoms in total. The molecule has 5 aliphatic rings. The van der Waals surface area contributed by atoms with E-state index in [9.17, 15) is 4.79 Å². The molecule has 1 amide bonds. The van der Waals surface area contributed by atoms with Crippen LogP contribution in [-0.4, -0.2) is 51.3 Å². The van der Waals surface area contributed by atoms with Crippen LogP contribution in [0.1, 0.15) is 52.4 Å². The Morgan fingerprint density at radius 1 is 1.13 bits per heavy atom. The molecule has 0 unspecified atom stereocenters. The molecule has 1 aromatic carbocycles. The van der Waals surface area contributed by atoms with Gasteiger partial charge in [0.2, 0.25) is 0 Å². The summed E-state index contributed by atoms with van der Waals surface area (Å²) in [5, 5.41) is 3.46. The topological polar surface area (TPSA) is 46.0 Å². The van der Waals surface area contributed by atoms with Crippen molar-refractivity contribution in [2.45, 2.75) is 58.4 Å². The van der Waals surface area contributed by atoms with Gasteiger partial charge in [0.05, 0.1) is 38.5 Å². The van der Waals surface area contributed by atoms with Crippen LogP contribution in [0.4, 0.5) is 5.69 Å². The summed E-state index contributed by atoms with van der Waals surface area (Å²) >= 11 is 0. The third-order valence-electron chi connectivity index (χ3n) is 8.77. The predicted octanol–water partition coefficient (Wildman–Crippen LogP) is 2.51. The first-order valence-electron chi connectivity index (χ1n) is 12.6. The minimum atomic E-state index is 0.251. The highest BCUT2D eigenvalue weighted by molar-refractivity contribution is 5.77. The number of rotatable bonds is 7. The van der Waals surface area contributed by atoms with Crippen LogP contribution < -0.4 is 19.9 Å². The maximum atomic E-state index is 12.9. The second-order valence-electron chi connectivity index (χ2n) is 10.9. The summed E-state index contributed by atoms with van der Waals surface area (Å²) in [6.45, 7) is 9.56. The van der Waals surface area contributed by atoms with Crippen LogP contribution in [0, 0.1) is 23.2 Å². The predicted molar refractivity (Wildman–Crippen MR) is 124 cm³/mol.